The maximum Gasteiger partial charge on any atom is 0.417 e. The summed E-state index contributed by atoms with van der Waals surface area (Å²) in [7, 11) is 1.54. The number of anilines is 2. The van der Waals surface area contributed by atoms with Crippen molar-refractivity contribution in [1.29, 1.82) is 0 Å². The third-order valence-corrected chi connectivity index (χ3v) is 6.08. The summed E-state index contributed by atoms with van der Waals surface area (Å²) in [4.78, 5) is 33.7. The van der Waals surface area contributed by atoms with Gasteiger partial charge >= 0.3 is 6.18 Å². The highest BCUT2D eigenvalue weighted by Gasteiger charge is 2.35. The quantitative estimate of drug-likeness (QED) is 0.233. The van der Waals surface area contributed by atoms with Crippen molar-refractivity contribution in [1.82, 2.24) is 9.97 Å². The SMILES string of the molecule is COCCc1nc2c(C(=O)Nc3cccc(Cl)c3C)cc(NC(=O)c3ccccc3C(F)(F)F)cc2[nH]1.Cl. The van der Waals surface area contributed by atoms with Crippen LogP contribution in [0.15, 0.2) is 54.6 Å². The summed E-state index contributed by atoms with van der Waals surface area (Å²) in [6.45, 7) is 2.13. The molecule has 1 heterocycles. The average molecular weight is 567 g/mol. The lowest BCUT2D eigenvalue weighted by Crippen LogP contribution is -2.19. The van der Waals surface area contributed by atoms with Crippen LogP contribution in [-0.2, 0) is 17.3 Å². The second kappa shape index (κ2) is 11.8. The number of aromatic nitrogens is 2. The number of amides is 2. The highest BCUT2D eigenvalue weighted by molar-refractivity contribution is 6.31. The van der Waals surface area contributed by atoms with E-state index in [2.05, 4.69) is 20.6 Å². The van der Waals surface area contributed by atoms with Crippen molar-refractivity contribution < 1.29 is 27.5 Å². The Morgan fingerprint density at radius 3 is 2.45 bits per heavy atom. The number of rotatable bonds is 7. The molecular weight excluding hydrogens is 544 g/mol. The minimum atomic E-state index is -4.71. The zero-order chi connectivity index (χ0) is 26.7. The number of nitrogens with one attached hydrogen (secondary N) is 3. The van der Waals surface area contributed by atoms with Gasteiger partial charge in [-0.3, -0.25) is 9.59 Å². The first-order chi connectivity index (χ1) is 17.6. The number of halogens is 5. The number of hydrogen-bond acceptors (Lipinski definition) is 4. The van der Waals surface area contributed by atoms with Gasteiger partial charge in [-0.05, 0) is 48.9 Å². The van der Waals surface area contributed by atoms with Crippen molar-refractivity contribution in [3.05, 3.63) is 87.7 Å². The topological polar surface area (TPSA) is 96.1 Å². The van der Waals surface area contributed by atoms with E-state index in [0.717, 1.165) is 12.1 Å². The Kier molecular flexibility index (Phi) is 9.03. The molecule has 7 nitrogen and oxygen atoms in total. The van der Waals surface area contributed by atoms with Crippen molar-refractivity contribution in [2.45, 2.75) is 19.5 Å². The molecule has 0 radical (unpaired) electrons. The monoisotopic (exact) mass is 566 g/mol. The molecule has 200 valence electrons. The van der Waals surface area contributed by atoms with Gasteiger partial charge in [0, 0.05) is 29.9 Å². The molecule has 0 atom stereocenters. The third-order valence-electron chi connectivity index (χ3n) is 5.67. The van der Waals surface area contributed by atoms with Crippen LogP contribution in [0.3, 0.4) is 0 Å². The molecule has 0 spiro atoms. The normalized spacial score (nSPS) is 11.2. The first-order valence-electron chi connectivity index (χ1n) is 11.1. The Morgan fingerprint density at radius 2 is 1.74 bits per heavy atom. The summed E-state index contributed by atoms with van der Waals surface area (Å²) >= 11 is 6.17. The van der Waals surface area contributed by atoms with Crippen LogP contribution < -0.4 is 10.6 Å². The molecule has 12 heteroatoms. The van der Waals surface area contributed by atoms with Crippen molar-refractivity contribution >= 4 is 58.2 Å². The molecule has 1 aromatic heterocycles. The number of H-pyrrole nitrogens is 1. The molecule has 0 unspecified atom stereocenters. The smallest absolute Gasteiger partial charge is 0.384 e. The summed E-state index contributed by atoms with van der Waals surface area (Å²) in [5.74, 6) is -0.967. The fraction of sp³-hybridized carbons (Fsp3) is 0.192. The first-order valence-corrected chi connectivity index (χ1v) is 11.5. The highest BCUT2D eigenvalue weighted by atomic mass is 35.5. The molecule has 0 fully saturated rings. The summed E-state index contributed by atoms with van der Waals surface area (Å²) in [5.41, 5.74) is 0.505. The van der Waals surface area contributed by atoms with Crippen LogP contribution in [0.4, 0.5) is 24.5 Å². The molecule has 0 aliphatic rings. The highest BCUT2D eigenvalue weighted by Crippen LogP contribution is 2.33. The van der Waals surface area contributed by atoms with E-state index < -0.39 is 29.1 Å². The Balaban J connectivity index is 0.00000400. The summed E-state index contributed by atoms with van der Waals surface area (Å²) < 4.78 is 45.4. The van der Waals surface area contributed by atoms with Crippen LogP contribution >= 0.6 is 24.0 Å². The largest absolute Gasteiger partial charge is 0.417 e. The number of nitrogens with zero attached hydrogens (tertiary/aromatic N) is 1. The van der Waals surface area contributed by atoms with Crippen LogP contribution in [0, 0.1) is 6.92 Å². The molecule has 2 amide bonds. The van der Waals surface area contributed by atoms with E-state index in [0.29, 0.717) is 46.2 Å². The maximum atomic E-state index is 13.4. The van der Waals surface area contributed by atoms with Gasteiger partial charge in [0.25, 0.3) is 11.8 Å². The lowest BCUT2D eigenvalue weighted by molar-refractivity contribution is -0.137. The molecule has 0 bridgehead atoms. The number of carbonyl (C=O) groups excluding carboxylic acids is 2. The summed E-state index contributed by atoms with van der Waals surface area (Å²) in [5, 5.41) is 5.74. The zero-order valence-electron chi connectivity index (χ0n) is 20.2. The molecule has 3 N–H and O–H groups in total. The molecule has 38 heavy (non-hydrogen) atoms. The van der Waals surface area contributed by atoms with Gasteiger partial charge in [-0.15, -0.1) is 12.4 Å². The van der Waals surface area contributed by atoms with Gasteiger partial charge < -0.3 is 20.4 Å². The number of aromatic amines is 1. The number of ether oxygens (including phenoxy) is 1. The van der Waals surface area contributed by atoms with Crippen LogP contribution in [-0.4, -0.2) is 35.5 Å². The van der Waals surface area contributed by atoms with Crippen molar-refractivity contribution in [3.63, 3.8) is 0 Å². The average Bonchev–Trinajstić information content (AvgIpc) is 3.27. The van der Waals surface area contributed by atoms with Gasteiger partial charge in [0.2, 0.25) is 0 Å². The molecule has 4 rings (SSSR count). The molecular formula is C26H23Cl2F3N4O3. The lowest BCUT2D eigenvalue weighted by Gasteiger charge is -2.14. The standard InChI is InChI=1S/C26H22ClF3N4O3.ClH/c1-14-19(27)8-5-9-20(14)33-25(36)17-12-15(13-21-23(17)34-22(32-21)10-11-37-2)31-24(35)16-6-3-4-7-18(16)26(28,29)30;/h3-9,12-13H,10-11H2,1-2H3,(H,31,35)(H,32,34)(H,33,36);1H. The van der Waals surface area contributed by atoms with E-state index in [4.69, 9.17) is 16.3 Å². The van der Waals surface area contributed by atoms with Crippen molar-refractivity contribution in [3.8, 4) is 0 Å². The van der Waals surface area contributed by atoms with Crippen LogP contribution in [0.25, 0.3) is 11.0 Å². The van der Waals surface area contributed by atoms with E-state index in [1.165, 1.54) is 24.3 Å². The predicted molar refractivity (Wildman–Crippen MR) is 142 cm³/mol. The minimum Gasteiger partial charge on any atom is -0.384 e. The number of fused-ring (bicyclic) bond motifs is 1. The molecule has 0 saturated heterocycles. The van der Waals surface area contributed by atoms with Gasteiger partial charge in [-0.2, -0.15) is 13.2 Å². The Morgan fingerprint density at radius 1 is 1.03 bits per heavy atom. The number of hydrogen-bond donors (Lipinski definition) is 3. The zero-order valence-corrected chi connectivity index (χ0v) is 21.8. The molecule has 0 aliphatic carbocycles. The number of carbonyl (C=O) groups is 2. The fourth-order valence-electron chi connectivity index (χ4n) is 3.79. The molecule has 3 aromatic carbocycles. The van der Waals surface area contributed by atoms with Crippen molar-refractivity contribution in [2.75, 3.05) is 24.4 Å². The van der Waals surface area contributed by atoms with E-state index in [-0.39, 0.29) is 23.7 Å². The third kappa shape index (κ3) is 6.27. The predicted octanol–water partition coefficient (Wildman–Crippen LogP) is 6.66. The van der Waals surface area contributed by atoms with Crippen molar-refractivity contribution in [2.24, 2.45) is 0 Å². The van der Waals surface area contributed by atoms with Crippen LogP contribution in [0.2, 0.25) is 5.02 Å². The number of benzene rings is 3. The maximum absolute atomic E-state index is 13.4. The van der Waals surface area contributed by atoms with Gasteiger partial charge in [0.15, 0.2) is 0 Å². The van der Waals surface area contributed by atoms with E-state index in [1.807, 2.05) is 0 Å². The van der Waals surface area contributed by atoms with Crippen LogP contribution in [0.1, 0.15) is 37.7 Å². The van der Waals surface area contributed by atoms with E-state index in [1.54, 1.807) is 32.2 Å². The van der Waals surface area contributed by atoms with Crippen LogP contribution in [0.5, 0.6) is 0 Å². The molecule has 4 aromatic rings. The van der Waals surface area contributed by atoms with E-state index in [9.17, 15) is 22.8 Å². The van der Waals surface area contributed by atoms with Gasteiger partial charge in [-0.25, -0.2) is 4.98 Å². The molecule has 0 saturated carbocycles. The van der Waals surface area contributed by atoms with Gasteiger partial charge in [-0.1, -0.05) is 29.8 Å². The summed E-state index contributed by atoms with van der Waals surface area (Å²) in [6, 6.07) is 12.4. The number of methoxy groups -OCH3 is 1. The minimum absolute atomic E-state index is 0. The summed E-state index contributed by atoms with van der Waals surface area (Å²) in [6.07, 6.45) is -4.28. The lowest BCUT2D eigenvalue weighted by atomic mass is 10.1. The second-order valence-corrected chi connectivity index (χ2v) is 8.62. The Hall–Kier alpha value is -3.60. The fourth-order valence-corrected chi connectivity index (χ4v) is 3.96. The Bertz CT molecular complexity index is 1490. The number of alkyl halides is 3. The van der Waals surface area contributed by atoms with E-state index >= 15 is 0 Å². The van der Waals surface area contributed by atoms with Gasteiger partial charge in [0.05, 0.1) is 28.8 Å². The number of imidazole rings is 1. The molecule has 0 aliphatic heterocycles. The second-order valence-electron chi connectivity index (χ2n) is 8.21. The first kappa shape index (κ1) is 29.0. The Labute approximate surface area is 227 Å². The van der Waals surface area contributed by atoms with Gasteiger partial charge in [0.1, 0.15) is 11.3 Å².